The zero-order valence-electron chi connectivity index (χ0n) is 9.96. The number of rotatable bonds is 1. The molecule has 0 aliphatic rings. The standard InChI is InChI=1S/C8H9.2C2H6.Rb/c1-2-8-6-4-3-5-7-8;2*1-2;/h2-7H,1H3;2*1-2H3;/q-1;;;+1. The summed E-state index contributed by atoms with van der Waals surface area (Å²) in [7, 11) is 0. The second-order valence-corrected chi connectivity index (χ2v) is 1.70. The summed E-state index contributed by atoms with van der Waals surface area (Å²) >= 11 is 0. The first-order valence-corrected chi connectivity index (χ1v) is 4.78. The van der Waals surface area contributed by atoms with Crippen LogP contribution in [0.25, 0.3) is 0 Å². The van der Waals surface area contributed by atoms with Gasteiger partial charge in [0, 0.05) is 0 Å². The van der Waals surface area contributed by atoms with Crippen LogP contribution in [-0.4, -0.2) is 0 Å². The third-order valence-corrected chi connectivity index (χ3v) is 1.13. The molecule has 0 heterocycles. The van der Waals surface area contributed by atoms with Gasteiger partial charge in [-0.15, -0.1) is 12.1 Å². The van der Waals surface area contributed by atoms with Gasteiger partial charge in [-0.05, 0) is 0 Å². The van der Waals surface area contributed by atoms with E-state index in [2.05, 4.69) is 18.6 Å². The van der Waals surface area contributed by atoms with Crippen LogP contribution in [0.5, 0.6) is 0 Å². The fourth-order valence-corrected chi connectivity index (χ4v) is 0.645. The van der Waals surface area contributed by atoms with E-state index in [1.807, 2.05) is 52.8 Å². The molecule has 1 heteroatoms. The minimum absolute atomic E-state index is 0. The second kappa shape index (κ2) is 18.6. The molecule has 70 valence electrons. The summed E-state index contributed by atoms with van der Waals surface area (Å²) in [4.78, 5) is 0. The second-order valence-electron chi connectivity index (χ2n) is 1.70. The van der Waals surface area contributed by atoms with Crippen molar-refractivity contribution in [2.24, 2.45) is 0 Å². The Labute approximate surface area is 133 Å². The Morgan fingerprint density at radius 3 is 1.46 bits per heavy atom. The van der Waals surface area contributed by atoms with E-state index in [1.165, 1.54) is 5.56 Å². The predicted molar refractivity (Wildman–Crippen MR) is 58.2 cm³/mol. The van der Waals surface area contributed by atoms with Crippen molar-refractivity contribution in [3.05, 3.63) is 42.3 Å². The van der Waals surface area contributed by atoms with E-state index in [4.69, 9.17) is 0 Å². The van der Waals surface area contributed by atoms with E-state index < -0.39 is 0 Å². The normalized spacial score (nSPS) is 6.23. The van der Waals surface area contributed by atoms with Crippen LogP contribution in [0.1, 0.15) is 40.2 Å². The summed E-state index contributed by atoms with van der Waals surface area (Å²) in [5.41, 5.74) is 1.28. The first-order valence-electron chi connectivity index (χ1n) is 4.78. The molecule has 0 atom stereocenters. The van der Waals surface area contributed by atoms with Crippen molar-refractivity contribution < 1.29 is 58.2 Å². The molecule has 0 fully saturated rings. The van der Waals surface area contributed by atoms with Crippen LogP contribution in [0, 0.1) is 6.42 Å². The molecule has 0 amide bonds. The molecular weight excluding hydrogens is 230 g/mol. The third kappa shape index (κ3) is 12.9. The van der Waals surface area contributed by atoms with Crippen LogP contribution in [0.4, 0.5) is 0 Å². The van der Waals surface area contributed by atoms with Crippen LogP contribution < -0.4 is 58.2 Å². The van der Waals surface area contributed by atoms with E-state index in [9.17, 15) is 0 Å². The van der Waals surface area contributed by atoms with E-state index in [1.54, 1.807) is 0 Å². The van der Waals surface area contributed by atoms with Gasteiger partial charge < -0.3 is 0 Å². The Bertz CT molecular complexity index is 146. The number of hydrogen-bond donors (Lipinski definition) is 0. The molecule has 0 radical (unpaired) electrons. The van der Waals surface area contributed by atoms with Gasteiger partial charge in [-0.2, -0.15) is 24.1 Å². The average Bonchev–Trinajstić information content (AvgIpc) is 2.25. The third-order valence-electron chi connectivity index (χ3n) is 1.13. The van der Waals surface area contributed by atoms with Gasteiger partial charge in [-0.3, -0.25) is 0 Å². The van der Waals surface area contributed by atoms with Crippen molar-refractivity contribution in [2.45, 2.75) is 34.6 Å². The maximum Gasteiger partial charge on any atom is 1.00 e. The minimum atomic E-state index is 0. The van der Waals surface area contributed by atoms with Crippen molar-refractivity contribution in [3.63, 3.8) is 0 Å². The number of hydrogen-bond acceptors (Lipinski definition) is 0. The summed E-state index contributed by atoms with van der Waals surface area (Å²) < 4.78 is 0. The molecule has 0 bridgehead atoms. The first kappa shape index (κ1) is 19.5. The zero-order chi connectivity index (χ0) is 9.82. The Morgan fingerprint density at radius 2 is 1.23 bits per heavy atom. The van der Waals surface area contributed by atoms with Gasteiger partial charge in [0.15, 0.2) is 0 Å². The van der Waals surface area contributed by atoms with E-state index in [-0.39, 0.29) is 58.2 Å². The molecule has 0 saturated heterocycles. The molecule has 0 aliphatic heterocycles. The van der Waals surface area contributed by atoms with Gasteiger partial charge in [-0.25, -0.2) is 0 Å². The Hall–Kier alpha value is 0.895. The molecule has 0 nitrogen and oxygen atoms in total. The monoisotopic (exact) mass is 250 g/mol. The van der Waals surface area contributed by atoms with Gasteiger partial charge in [0.1, 0.15) is 0 Å². The topological polar surface area (TPSA) is 0 Å². The van der Waals surface area contributed by atoms with Crippen molar-refractivity contribution >= 4 is 0 Å². The minimum Gasteiger partial charge on any atom is -0.192 e. The number of benzene rings is 1. The van der Waals surface area contributed by atoms with Gasteiger partial charge >= 0.3 is 58.2 Å². The average molecular weight is 251 g/mol. The molecule has 0 N–H and O–H groups in total. The fraction of sp³-hybridized carbons (Fsp3) is 0.417. The molecule has 0 saturated carbocycles. The molecule has 13 heavy (non-hydrogen) atoms. The quantitative estimate of drug-likeness (QED) is 0.660. The maximum absolute atomic E-state index is 2.08. The van der Waals surface area contributed by atoms with Gasteiger partial charge in [-0.1, -0.05) is 40.7 Å². The largest absolute Gasteiger partial charge is 1.00 e. The van der Waals surface area contributed by atoms with Crippen molar-refractivity contribution in [2.75, 3.05) is 0 Å². The molecule has 0 aromatic heterocycles. The molecule has 0 spiro atoms. The van der Waals surface area contributed by atoms with Gasteiger partial charge in [0.05, 0.1) is 0 Å². The van der Waals surface area contributed by atoms with Crippen LogP contribution in [0.15, 0.2) is 30.3 Å². The van der Waals surface area contributed by atoms with Crippen molar-refractivity contribution in [1.29, 1.82) is 0 Å². The molecule has 1 rings (SSSR count). The SMILES string of the molecule is CC.CC.C[CH-]c1ccccc1.[Rb+]. The van der Waals surface area contributed by atoms with Crippen LogP contribution in [-0.2, 0) is 0 Å². The summed E-state index contributed by atoms with van der Waals surface area (Å²) in [6, 6.07) is 10.3. The van der Waals surface area contributed by atoms with Gasteiger partial charge in [0.25, 0.3) is 0 Å². The van der Waals surface area contributed by atoms with Crippen LogP contribution >= 0.6 is 0 Å². The Morgan fingerprint density at radius 1 is 0.846 bits per heavy atom. The molecule has 1 aromatic carbocycles. The van der Waals surface area contributed by atoms with Gasteiger partial charge in [0.2, 0.25) is 0 Å². The first-order chi connectivity index (χ1) is 5.93. The summed E-state index contributed by atoms with van der Waals surface area (Å²) in [6.07, 6.45) is 2.08. The molecular formula is C12H21Rb. The van der Waals surface area contributed by atoms with Crippen molar-refractivity contribution in [1.82, 2.24) is 0 Å². The zero-order valence-corrected chi connectivity index (χ0v) is 14.9. The van der Waals surface area contributed by atoms with Crippen LogP contribution in [0.2, 0.25) is 0 Å². The molecule has 0 aliphatic carbocycles. The summed E-state index contributed by atoms with van der Waals surface area (Å²) in [6.45, 7) is 10.0. The Kier molecular flexibility index (Phi) is 27.9. The molecule has 1 aromatic rings. The van der Waals surface area contributed by atoms with Crippen molar-refractivity contribution in [3.8, 4) is 0 Å². The van der Waals surface area contributed by atoms with E-state index in [0.29, 0.717) is 0 Å². The van der Waals surface area contributed by atoms with E-state index >= 15 is 0 Å². The molecule has 0 unspecified atom stereocenters. The summed E-state index contributed by atoms with van der Waals surface area (Å²) in [5, 5.41) is 0. The van der Waals surface area contributed by atoms with Crippen LogP contribution in [0.3, 0.4) is 0 Å². The Balaban J connectivity index is -0.000000178. The predicted octanol–water partition coefficient (Wildman–Crippen LogP) is 1.32. The van der Waals surface area contributed by atoms with E-state index in [0.717, 1.165) is 0 Å². The summed E-state index contributed by atoms with van der Waals surface area (Å²) in [5.74, 6) is 0. The smallest absolute Gasteiger partial charge is 0.192 e. The fourth-order valence-electron chi connectivity index (χ4n) is 0.645. The maximum atomic E-state index is 2.08.